The van der Waals surface area contributed by atoms with Crippen molar-refractivity contribution in [2.24, 2.45) is 5.92 Å². The lowest BCUT2D eigenvalue weighted by Gasteiger charge is -2.21. The minimum atomic E-state index is -0.923. The lowest BCUT2D eigenvalue weighted by Crippen LogP contribution is -2.33. The number of hydrogen-bond acceptors (Lipinski definition) is 3. The molecule has 6 heteroatoms. The van der Waals surface area contributed by atoms with E-state index in [0.29, 0.717) is 23.8 Å². The van der Waals surface area contributed by atoms with Gasteiger partial charge in [0, 0.05) is 6.54 Å². The molecule has 1 aliphatic rings. The monoisotopic (exact) mass is 291 g/mol. The smallest absolute Gasteiger partial charge is 0.319 e. The average molecular weight is 291 g/mol. The second-order valence-corrected chi connectivity index (χ2v) is 5.45. The van der Waals surface area contributed by atoms with Crippen LogP contribution in [0.5, 0.6) is 0 Å². The van der Waals surface area contributed by atoms with Crippen molar-refractivity contribution in [3.63, 3.8) is 0 Å². The number of rotatable bonds is 5. The number of nitrogens with zero attached hydrogens (tertiary/aromatic N) is 1. The Bertz CT molecular complexity index is 481. The van der Waals surface area contributed by atoms with E-state index in [9.17, 15) is 9.59 Å². The van der Waals surface area contributed by atoms with E-state index >= 15 is 0 Å². The van der Waals surface area contributed by atoms with E-state index in [1.165, 1.54) is 38.3 Å². The molecule has 1 heterocycles. The van der Waals surface area contributed by atoms with Crippen molar-refractivity contribution in [2.45, 2.75) is 38.5 Å². The van der Waals surface area contributed by atoms with Crippen LogP contribution in [-0.2, 0) is 11.2 Å². The number of aromatic nitrogens is 1. The molecule has 21 heavy (non-hydrogen) atoms. The molecule has 2 rings (SSSR count). The summed E-state index contributed by atoms with van der Waals surface area (Å²) < 4.78 is 0. The summed E-state index contributed by atoms with van der Waals surface area (Å²) in [6.07, 6.45) is 7.53. The highest BCUT2D eigenvalue weighted by Gasteiger charge is 2.14. The van der Waals surface area contributed by atoms with Gasteiger partial charge in [0.25, 0.3) is 0 Å². The van der Waals surface area contributed by atoms with Gasteiger partial charge >= 0.3 is 12.0 Å². The summed E-state index contributed by atoms with van der Waals surface area (Å²) in [4.78, 5) is 26.3. The van der Waals surface area contributed by atoms with Crippen LogP contribution in [0.3, 0.4) is 0 Å². The van der Waals surface area contributed by atoms with Gasteiger partial charge in [0.15, 0.2) is 0 Å². The van der Waals surface area contributed by atoms with E-state index < -0.39 is 5.97 Å². The fraction of sp³-hybridized carbons (Fsp3) is 0.533. The Kier molecular flexibility index (Phi) is 5.54. The molecule has 0 atom stereocenters. The third kappa shape index (κ3) is 5.41. The minimum absolute atomic E-state index is 0.117. The molecule has 0 spiro atoms. The van der Waals surface area contributed by atoms with Gasteiger partial charge in [0.2, 0.25) is 0 Å². The summed E-state index contributed by atoms with van der Waals surface area (Å²) in [6, 6.07) is 3.02. The molecule has 0 unspecified atom stereocenters. The molecule has 0 aromatic carbocycles. The Morgan fingerprint density at radius 1 is 1.24 bits per heavy atom. The molecule has 6 nitrogen and oxygen atoms in total. The maximum atomic E-state index is 11.8. The Hall–Kier alpha value is -2.11. The predicted octanol–water partition coefficient (Wildman–Crippen LogP) is 2.41. The zero-order chi connectivity index (χ0) is 15.1. The Labute approximate surface area is 124 Å². The first-order chi connectivity index (χ1) is 10.1. The van der Waals surface area contributed by atoms with E-state index in [0.717, 1.165) is 0 Å². The number of amides is 2. The molecule has 3 N–H and O–H groups in total. The summed E-state index contributed by atoms with van der Waals surface area (Å²) in [5, 5.41) is 14.2. The molecular formula is C15H21N3O3. The van der Waals surface area contributed by atoms with Crippen molar-refractivity contribution in [2.75, 3.05) is 11.9 Å². The maximum absolute atomic E-state index is 11.8. The van der Waals surface area contributed by atoms with Gasteiger partial charge in [0.05, 0.1) is 24.0 Å². The van der Waals surface area contributed by atoms with E-state index in [-0.39, 0.29) is 12.5 Å². The summed E-state index contributed by atoms with van der Waals surface area (Å²) in [6.45, 7) is 0.705. The van der Waals surface area contributed by atoms with Crippen LogP contribution in [-0.4, -0.2) is 28.6 Å². The number of hydrogen-bond donors (Lipinski definition) is 3. The molecule has 114 valence electrons. The number of carboxylic acids is 1. The summed E-state index contributed by atoms with van der Waals surface area (Å²) in [5.41, 5.74) is 1.03. The van der Waals surface area contributed by atoms with Crippen molar-refractivity contribution < 1.29 is 14.7 Å². The second-order valence-electron chi connectivity index (χ2n) is 5.45. The fourth-order valence-electron chi connectivity index (χ4n) is 2.56. The Morgan fingerprint density at radius 2 is 2.00 bits per heavy atom. The standard InChI is InChI=1S/C15H21N3O3/c19-14(20)8-12-6-7-13(10-16-12)18-15(21)17-9-11-4-2-1-3-5-11/h6-7,10-11H,1-5,8-9H2,(H,19,20)(H2,17,18,21). The van der Waals surface area contributed by atoms with Crippen LogP contribution in [0, 0.1) is 5.92 Å². The van der Waals surface area contributed by atoms with Crippen LogP contribution in [0.1, 0.15) is 37.8 Å². The third-order valence-electron chi connectivity index (χ3n) is 3.69. The number of nitrogens with one attached hydrogen (secondary N) is 2. The SMILES string of the molecule is O=C(O)Cc1ccc(NC(=O)NCC2CCCCC2)cn1. The molecule has 2 amide bonds. The van der Waals surface area contributed by atoms with Crippen LogP contribution in [0.4, 0.5) is 10.5 Å². The van der Waals surface area contributed by atoms with E-state index in [1.807, 2.05) is 0 Å². The Morgan fingerprint density at radius 3 is 2.62 bits per heavy atom. The lowest BCUT2D eigenvalue weighted by atomic mass is 9.89. The lowest BCUT2D eigenvalue weighted by molar-refractivity contribution is -0.136. The quantitative estimate of drug-likeness (QED) is 0.777. The van der Waals surface area contributed by atoms with Gasteiger partial charge in [-0.05, 0) is 30.9 Å². The highest BCUT2D eigenvalue weighted by Crippen LogP contribution is 2.22. The maximum Gasteiger partial charge on any atom is 0.319 e. The molecule has 0 radical (unpaired) electrons. The van der Waals surface area contributed by atoms with E-state index in [4.69, 9.17) is 5.11 Å². The normalized spacial score (nSPS) is 15.4. The van der Waals surface area contributed by atoms with Gasteiger partial charge < -0.3 is 15.7 Å². The van der Waals surface area contributed by atoms with Gasteiger partial charge in [-0.15, -0.1) is 0 Å². The van der Waals surface area contributed by atoms with Gasteiger partial charge in [-0.2, -0.15) is 0 Å². The number of carboxylic acid groups (broad SMARTS) is 1. The van der Waals surface area contributed by atoms with Crippen molar-refractivity contribution in [3.05, 3.63) is 24.0 Å². The summed E-state index contributed by atoms with van der Waals surface area (Å²) in [5.74, 6) is -0.339. The zero-order valence-corrected chi connectivity index (χ0v) is 12.0. The largest absolute Gasteiger partial charge is 0.481 e. The highest BCUT2D eigenvalue weighted by atomic mass is 16.4. The fourth-order valence-corrected chi connectivity index (χ4v) is 2.56. The number of anilines is 1. The van der Waals surface area contributed by atoms with Crippen molar-refractivity contribution >= 4 is 17.7 Å². The van der Waals surface area contributed by atoms with E-state index in [1.54, 1.807) is 12.1 Å². The number of urea groups is 1. The van der Waals surface area contributed by atoms with Gasteiger partial charge in [-0.25, -0.2) is 4.79 Å². The molecule has 0 aliphatic heterocycles. The number of carbonyl (C=O) groups excluding carboxylic acids is 1. The van der Waals surface area contributed by atoms with Crippen molar-refractivity contribution in [1.29, 1.82) is 0 Å². The molecule has 0 bridgehead atoms. The molecular weight excluding hydrogens is 270 g/mol. The molecule has 1 saturated carbocycles. The highest BCUT2D eigenvalue weighted by molar-refractivity contribution is 5.89. The minimum Gasteiger partial charge on any atom is -0.481 e. The van der Waals surface area contributed by atoms with Crippen LogP contribution in [0.25, 0.3) is 0 Å². The van der Waals surface area contributed by atoms with Crippen LogP contribution in [0.15, 0.2) is 18.3 Å². The molecule has 1 aliphatic carbocycles. The van der Waals surface area contributed by atoms with Crippen LogP contribution >= 0.6 is 0 Å². The Balaban J connectivity index is 1.75. The first kappa shape index (κ1) is 15.3. The number of carbonyl (C=O) groups is 2. The van der Waals surface area contributed by atoms with Crippen LogP contribution in [0.2, 0.25) is 0 Å². The van der Waals surface area contributed by atoms with Gasteiger partial charge in [-0.1, -0.05) is 19.3 Å². The molecule has 1 aromatic rings. The zero-order valence-electron chi connectivity index (χ0n) is 12.0. The first-order valence-corrected chi connectivity index (χ1v) is 7.35. The average Bonchev–Trinajstić information content (AvgIpc) is 2.48. The first-order valence-electron chi connectivity index (χ1n) is 7.35. The molecule has 1 aromatic heterocycles. The number of pyridine rings is 1. The van der Waals surface area contributed by atoms with Crippen molar-refractivity contribution in [1.82, 2.24) is 10.3 Å². The topological polar surface area (TPSA) is 91.3 Å². The molecule has 1 fully saturated rings. The predicted molar refractivity (Wildman–Crippen MR) is 79.2 cm³/mol. The molecule has 0 saturated heterocycles. The number of aliphatic carboxylic acids is 1. The summed E-state index contributed by atoms with van der Waals surface area (Å²) in [7, 11) is 0. The van der Waals surface area contributed by atoms with Crippen molar-refractivity contribution in [3.8, 4) is 0 Å². The van der Waals surface area contributed by atoms with E-state index in [2.05, 4.69) is 15.6 Å². The summed E-state index contributed by atoms with van der Waals surface area (Å²) >= 11 is 0. The van der Waals surface area contributed by atoms with Gasteiger partial charge in [0.1, 0.15) is 0 Å². The second kappa shape index (κ2) is 7.61. The van der Waals surface area contributed by atoms with Gasteiger partial charge in [-0.3, -0.25) is 9.78 Å². The van der Waals surface area contributed by atoms with Crippen LogP contribution < -0.4 is 10.6 Å². The third-order valence-corrected chi connectivity index (χ3v) is 3.69.